The minimum absolute atomic E-state index is 0.0450. The standard InChI is InChI=1S/C14H8ClF3N2O4S/c15-25(23,24)11-2-8(1-10(3-11)14(16,17)18)12-6-20(7-13(21)22)5-9(12)4-19/h1-3,5-6H,7H2,(H,21,22). The molecule has 1 N–H and O–H groups in total. The fourth-order valence-corrected chi connectivity index (χ4v) is 2.94. The third kappa shape index (κ3) is 4.32. The van der Waals surface area contributed by atoms with Crippen LogP contribution in [0.2, 0.25) is 0 Å². The summed E-state index contributed by atoms with van der Waals surface area (Å²) in [5, 5.41) is 17.9. The van der Waals surface area contributed by atoms with Crippen LogP contribution in [-0.4, -0.2) is 24.1 Å². The van der Waals surface area contributed by atoms with E-state index in [4.69, 9.17) is 21.1 Å². The molecule has 0 fully saturated rings. The van der Waals surface area contributed by atoms with Crippen LogP contribution in [0.1, 0.15) is 11.1 Å². The normalized spacial score (nSPS) is 12.0. The third-order valence-corrected chi connectivity index (χ3v) is 4.48. The van der Waals surface area contributed by atoms with Gasteiger partial charge in [0.25, 0.3) is 9.05 Å². The summed E-state index contributed by atoms with van der Waals surface area (Å²) in [4.78, 5) is 9.95. The Labute approximate surface area is 144 Å². The Hall–Kier alpha value is -2.51. The molecule has 11 heteroatoms. The quantitative estimate of drug-likeness (QED) is 0.806. The van der Waals surface area contributed by atoms with Gasteiger partial charge in [0, 0.05) is 28.6 Å². The number of hydrogen-bond donors (Lipinski definition) is 1. The number of hydrogen-bond acceptors (Lipinski definition) is 4. The highest BCUT2D eigenvalue weighted by atomic mass is 35.7. The summed E-state index contributed by atoms with van der Waals surface area (Å²) in [5.74, 6) is -1.22. The Balaban J connectivity index is 2.73. The predicted molar refractivity (Wildman–Crippen MR) is 80.3 cm³/mol. The van der Waals surface area contributed by atoms with Crippen LogP contribution >= 0.6 is 10.7 Å². The highest BCUT2D eigenvalue weighted by Gasteiger charge is 2.33. The number of carboxylic acids is 1. The van der Waals surface area contributed by atoms with Crippen molar-refractivity contribution in [2.24, 2.45) is 0 Å². The largest absolute Gasteiger partial charge is 0.480 e. The van der Waals surface area contributed by atoms with E-state index in [1.54, 1.807) is 6.07 Å². The van der Waals surface area contributed by atoms with Crippen molar-refractivity contribution < 1.29 is 31.5 Å². The molecule has 0 aliphatic heterocycles. The fraction of sp³-hybridized carbons (Fsp3) is 0.143. The molecule has 0 saturated carbocycles. The molecule has 2 aromatic rings. The monoisotopic (exact) mass is 392 g/mol. The molecule has 2 rings (SSSR count). The lowest BCUT2D eigenvalue weighted by molar-refractivity contribution is -0.138. The lowest BCUT2D eigenvalue weighted by Crippen LogP contribution is -2.07. The van der Waals surface area contributed by atoms with Crippen LogP contribution < -0.4 is 0 Å². The lowest BCUT2D eigenvalue weighted by Gasteiger charge is -2.10. The maximum Gasteiger partial charge on any atom is 0.416 e. The van der Waals surface area contributed by atoms with Gasteiger partial charge in [0.1, 0.15) is 12.6 Å². The van der Waals surface area contributed by atoms with E-state index in [-0.39, 0.29) is 16.7 Å². The molecule has 1 heterocycles. The molecule has 0 unspecified atom stereocenters. The Morgan fingerprint density at radius 2 is 1.92 bits per heavy atom. The molecular weight excluding hydrogens is 385 g/mol. The fourth-order valence-electron chi connectivity index (χ4n) is 2.13. The van der Waals surface area contributed by atoms with E-state index in [1.165, 1.54) is 0 Å². The Morgan fingerprint density at radius 3 is 2.40 bits per heavy atom. The minimum Gasteiger partial charge on any atom is -0.480 e. The second kappa shape index (κ2) is 6.42. The molecule has 0 aliphatic rings. The average Bonchev–Trinajstić information content (AvgIpc) is 2.87. The summed E-state index contributed by atoms with van der Waals surface area (Å²) < 4.78 is 63.1. The molecule has 132 valence electrons. The van der Waals surface area contributed by atoms with Gasteiger partial charge in [-0.1, -0.05) is 0 Å². The zero-order valence-electron chi connectivity index (χ0n) is 12.1. The van der Waals surface area contributed by atoms with E-state index in [2.05, 4.69) is 0 Å². The predicted octanol–water partition coefficient (Wildman–Crippen LogP) is 3.06. The summed E-state index contributed by atoms with van der Waals surface area (Å²) in [6.45, 7) is -0.520. The molecule has 25 heavy (non-hydrogen) atoms. The summed E-state index contributed by atoms with van der Waals surface area (Å²) >= 11 is 0. The van der Waals surface area contributed by atoms with Crippen LogP contribution in [0.15, 0.2) is 35.5 Å². The number of aliphatic carboxylic acids is 1. The number of halogens is 4. The van der Waals surface area contributed by atoms with Gasteiger partial charge in [-0.05, 0) is 23.8 Å². The van der Waals surface area contributed by atoms with E-state index in [9.17, 15) is 26.4 Å². The van der Waals surface area contributed by atoms with Crippen molar-refractivity contribution in [3.63, 3.8) is 0 Å². The second-order valence-corrected chi connectivity index (χ2v) is 7.51. The van der Waals surface area contributed by atoms with Gasteiger partial charge in [0.05, 0.1) is 16.0 Å². The number of benzene rings is 1. The summed E-state index contributed by atoms with van der Waals surface area (Å²) in [7, 11) is 0.685. The van der Waals surface area contributed by atoms with Gasteiger partial charge in [-0.25, -0.2) is 8.42 Å². The number of carbonyl (C=O) groups is 1. The van der Waals surface area contributed by atoms with Crippen LogP contribution in [0.4, 0.5) is 13.2 Å². The number of aromatic nitrogens is 1. The summed E-state index contributed by atoms with van der Waals surface area (Å²) in [6, 6.07) is 3.66. The first-order valence-electron chi connectivity index (χ1n) is 6.41. The van der Waals surface area contributed by atoms with Gasteiger partial charge in [-0.3, -0.25) is 4.79 Å². The Bertz CT molecular complexity index is 990. The molecule has 0 radical (unpaired) electrons. The van der Waals surface area contributed by atoms with Gasteiger partial charge in [-0.2, -0.15) is 18.4 Å². The first-order valence-corrected chi connectivity index (χ1v) is 8.71. The topological polar surface area (TPSA) is 100 Å². The highest BCUT2D eigenvalue weighted by Crippen LogP contribution is 2.36. The Kier molecular flexibility index (Phi) is 4.83. The third-order valence-electron chi connectivity index (χ3n) is 3.14. The molecule has 1 aromatic heterocycles. The van der Waals surface area contributed by atoms with Crippen LogP contribution in [0, 0.1) is 11.3 Å². The van der Waals surface area contributed by atoms with Gasteiger partial charge in [0.2, 0.25) is 0 Å². The van der Waals surface area contributed by atoms with Crippen molar-refractivity contribution in [1.29, 1.82) is 5.26 Å². The van der Waals surface area contributed by atoms with E-state index in [0.717, 1.165) is 23.0 Å². The second-order valence-electron chi connectivity index (χ2n) is 4.95. The molecule has 1 aromatic carbocycles. The maximum atomic E-state index is 13.0. The highest BCUT2D eigenvalue weighted by molar-refractivity contribution is 8.13. The molecule has 0 bridgehead atoms. The molecule has 0 atom stereocenters. The van der Waals surface area contributed by atoms with Gasteiger partial charge >= 0.3 is 12.1 Å². The van der Waals surface area contributed by atoms with Gasteiger partial charge in [0.15, 0.2) is 0 Å². The summed E-state index contributed by atoms with van der Waals surface area (Å²) in [5.41, 5.74) is -1.65. The number of carboxylic acid groups (broad SMARTS) is 1. The van der Waals surface area contributed by atoms with Crippen molar-refractivity contribution in [1.82, 2.24) is 4.57 Å². The van der Waals surface area contributed by atoms with Crippen LogP contribution in [0.5, 0.6) is 0 Å². The zero-order chi connectivity index (χ0) is 19.0. The lowest BCUT2D eigenvalue weighted by atomic mass is 10.0. The first kappa shape index (κ1) is 18.8. The minimum atomic E-state index is -4.84. The average molecular weight is 393 g/mol. The van der Waals surface area contributed by atoms with Crippen molar-refractivity contribution in [3.8, 4) is 17.2 Å². The van der Waals surface area contributed by atoms with E-state index in [1.807, 2.05) is 0 Å². The SMILES string of the molecule is N#Cc1cn(CC(=O)O)cc1-c1cc(C(F)(F)F)cc(S(=O)(=O)Cl)c1. The zero-order valence-corrected chi connectivity index (χ0v) is 13.7. The van der Waals surface area contributed by atoms with E-state index in [0.29, 0.717) is 12.1 Å². The van der Waals surface area contributed by atoms with Gasteiger partial charge < -0.3 is 9.67 Å². The number of rotatable bonds is 4. The van der Waals surface area contributed by atoms with Crippen molar-refractivity contribution in [3.05, 3.63) is 41.7 Å². The molecule has 0 saturated heterocycles. The number of nitrogens with zero attached hydrogens (tertiary/aromatic N) is 2. The van der Waals surface area contributed by atoms with Crippen molar-refractivity contribution in [2.45, 2.75) is 17.6 Å². The van der Waals surface area contributed by atoms with E-state index >= 15 is 0 Å². The molecule has 0 aliphatic carbocycles. The van der Waals surface area contributed by atoms with E-state index < -0.39 is 38.2 Å². The van der Waals surface area contributed by atoms with Gasteiger partial charge in [-0.15, -0.1) is 0 Å². The van der Waals surface area contributed by atoms with Crippen molar-refractivity contribution >= 4 is 25.7 Å². The smallest absolute Gasteiger partial charge is 0.416 e. The molecular formula is C14H8ClF3N2O4S. The van der Waals surface area contributed by atoms with Crippen LogP contribution in [0.3, 0.4) is 0 Å². The van der Waals surface area contributed by atoms with Crippen LogP contribution in [-0.2, 0) is 26.6 Å². The first-order chi connectivity index (χ1) is 11.4. The van der Waals surface area contributed by atoms with Crippen molar-refractivity contribution in [2.75, 3.05) is 0 Å². The number of nitriles is 1. The number of alkyl halides is 3. The molecule has 0 amide bonds. The molecule has 6 nitrogen and oxygen atoms in total. The maximum absolute atomic E-state index is 13.0. The molecule has 0 spiro atoms. The van der Waals surface area contributed by atoms with Crippen LogP contribution in [0.25, 0.3) is 11.1 Å². The summed E-state index contributed by atoms with van der Waals surface area (Å²) in [6.07, 6.45) is -2.56. The Morgan fingerprint density at radius 1 is 1.28 bits per heavy atom.